The Morgan fingerprint density at radius 3 is 2.84 bits per heavy atom. The molecule has 1 unspecified atom stereocenters. The Balaban J connectivity index is 2.27. The first-order chi connectivity index (χ1) is 9.04. The number of anilines is 1. The minimum atomic E-state index is -0.799. The molecule has 1 aliphatic carbocycles. The van der Waals surface area contributed by atoms with Gasteiger partial charge in [0.05, 0.1) is 11.5 Å². The van der Waals surface area contributed by atoms with Gasteiger partial charge in [-0.1, -0.05) is 6.92 Å². The lowest BCUT2D eigenvalue weighted by atomic mass is 9.96. The molecular weight excluding hydrogens is 260 g/mol. The van der Waals surface area contributed by atoms with E-state index in [1.807, 2.05) is 11.9 Å². The van der Waals surface area contributed by atoms with E-state index in [0.29, 0.717) is 6.54 Å². The Kier molecular flexibility index (Phi) is 4.11. The van der Waals surface area contributed by atoms with Crippen molar-refractivity contribution in [3.05, 3.63) is 16.0 Å². The first kappa shape index (κ1) is 13.9. The first-order valence-corrected chi connectivity index (χ1v) is 7.34. The fraction of sp³-hybridized carbons (Fsp3) is 0.571. The van der Waals surface area contributed by atoms with Gasteiger partial charge in [-0.25, -0.2) is 0 Å². The number of aryl methyl sites for hydroxylation is 1. The lowest BCUT2D eigenvalue weighted by Crippen LogP contribution is -2.28. The van der Waals surface area contributed by atoms with Crippen LogP contribution in [0.1, 0.15) is 35.8 Å². The van der Waals surface area contributed by atoms with E-state index in [1.54, 1.807) is 18.3 Å². The average molecular weight is 278 g/mol. The third kappa shape index (κ3) is 2.74. The van der Waals surface area contributed by atoms with Gasteiger partial charge in [0.25, 0.3) is 0 Å². The highest BCUT2D eigenvalue weighted by molar-refractivity contribution is 7.16. The predicted octanol–water partition coefficient (Wildman–Crippen LogP) is 2.66. The smallest absolute Gasteiger partial charge is 0.308 e. The van der Waals surface area contributed by atoms with E-state index in [2.05, 4.69) is 6.07 Å². The summed E-state index contributed by atoms with van der Waals surface area (Å²) in [5.41, 5.74) is 1.96. The molecule has 0 bridgehead atoms. The van der Waals surface area contributed by atoms with E-state index in [9.17, 15) is 10.1 Å². The van der Waals surface area contributed by atoms with Crippen LogP contribution in [0.25, 0.3) is 0 Å². The van der Waals surface area contributed by atoms with Gasteiger partial charge in [0.2, 0.25) is 0 Å². The van der Waals surface area contributed by atoms with Crippen LogP contribution in [0.4, 0.5) is 5.00 Å². The maximum absolute atomic E-state index is 10.9. The molecule has 1 aromatic rings. The molecule has 102 valence electrons. The van der Waals surface area contributed by atoms with Gasteiger partial charge in [-0.05, 0) is 31.2 Å². The number of nitriles is 1. The summed E-state index contributed by atoms with van der Waals surface area (Å²) in [5, 5.41) is 19.3. The van der Waals surface area contributed by atoms with Crippen molar-refractivity contribution < 1.29 is 9.90 Å². The van der Waals surface area contributed by atoms with Gasteiger partial charge in [-0.2, -0.15) is 5.26 Å². The number of nitrogens with zero attached hydrogens (tertiary/aromatic N) is 2. The standard InChI is InChI=1S/C14H18N2O2S/c1-9(14(17)18)8-16(2)13-11(7-15)10-5-3-4-6-12(10)19-13/h9H,3-6,8H2,1-2H3,(H,17,18). The monoisotopic (exact) mass is 278 g/mol. The molecule has 1 aromatic heterocycles. The zero-order chi connectivity index (χ0) is 14.0. The molecule has 0 saturated heterocycles. The largest absolute Gasteiger partial charge is 0.481 e. The highest BCUT2D eigenvalue weighted by Crippen LogP contribution is 2.39. The molecule has 5 heteroatoms. The first-order valence-electron chi connectivity index (χ1n) is 6.53. The summed E-state index contributed by atoms with van der Waals surface area (Å²) < 4.78 is 0. The third-order valence-corrected chi connectivity index (χ3v) is 4.99. The highest BCUT2D eigenvalue weighted by Gasteiger charge is 2.24. The van der Waals surface area contributed by atoms with E-state index >= 15 is 0 Å². The summed E-state index contributed by atoms with van der Waals surface area (Å²) in [5.74, 6) is -1.23. The summed E-state index contributed by atoms with van der Waals surface area (Å²) in [6, 6.07) is 2.31. The molecule has 0 amide bonds. The number of carboxylic acids is 1. The van der Waals surface area contributed by atoms with E-state index in [0.717, 1.165) is 29.8 Å². The molecule has 0 fully saturated rings. The van der Waals surface area contributed by atoms with E-state index in [4.69, 9.17) is 5.11 Å². The highest BCUT2D eigenvalue weighted by atomic mass is 32.1. The van der Waals surface area contributed by atoms with Gasteiger partial charge in [0, 0.05) is 18.5 Å². The minimum absolute atomic E-state index is 0.434. The van der Waals surface area contributed by atoms with Crippen molar-refractivity contribution in [3.63, 3.8) is 0 Å². The van der Waals surface area contributed by atoms with Gasteiger partial charge in [-0.15, -0.1) is 11.3 Å². The Bertz CT molecular complexity index is 530. The Hall–Kier alpha value is -1.54. The molecule has 0 aromatic carbocycles. The van der Waals surface area contributed by atoms with Gasteiger partial charge in [0.15, 0.2) is 0 Å². The summed E-state index contributed by atoms with van der Waals surface area (Å²) in [6.07, 6.45) is 4.37. The minimum Gasteiger partial charge on any atom is -0.481 e. The number of hydrogen-bond acceptors (Lipinski definition) is 4. The van der Waals surface area contributed by atoms with E-state index < -0.39 is 11.9 Å². The van der Waals surface area contributed by atoms with Crippen LogP contribution in [-0.2, 0) is 17.6 Å². The molecule has 0 radical (unpaired) electrons. The van der Waals surface area contributed by atoms with Crippen molar-refractivity contribution in [2.75, 3.05) is 18.5 Å². The van der Waals surface area contributed by atoms with Gasteiger partial charge >= 0.3 is 5.97 Å². The number of thiophene rings is 1. The van der Waals surface area contributed by atoms with Crippen LogP contribution in [0, 0.1) is 17.2 Å². The van der Waals surface area contributed by atoms with Crippen LogP contribution in [0.5, 0.6) is 0 Å². The number of fused-ring (bicyclic) bond motifs is 1. The number of carboxylic acid groups (broad SMARTS) is 1. The van der Waals surface area contributed by atoms with Crippen LogP contribution >= 0.6 is 11.3 Å². The van der Waals surface area contributed by atoms with Crippen LogP contribution < -0.4 is 4.90 Å². The second-order valence-electron chi connectivity index (χ2n) is 5.12. The van der Waals surface area contributed by atoms with Gasteiger partial charge in [0.1, 0.15) is 11.1 Å². The topological polar surface area (TPSA) is 64.3 Å². The zero-order valence-electron chi connectivity index (χ0n) is 11.3. The van der Waals surface area contributed by atoms with Crippen molar-refractivity contribution in [1.82, 2.24) is 0 Å². The Morgan fingerprint density at radius 1 is 1.53 bits per heavy atom. The summed E-state index contributed by atoms with van der Waals surface area (Å²) >= 11 is 1.66. The SMILES string of the molecule is CC(CN(C)c1sc2c(c1C#N)CCCC2)C(=O)O. The molecular formula is C14H18N2O2S. The fourth-order valence-corrected chi connectivity index (χ4v) is 3.82. The number of rotatable bonds is 4. The lowest BCUT2D eigenvalue weighted by Gasteiger charge is -2.20. The van der Waals surface area contributed by atoms with Crippen molar-refractivity contribution in [1.29, 1.82) is 5.26 Å². The zero-order valence-corrected chi connectivity index (χ0v) is 12.1. The third-order valence-electron chi connectivity index (χ3n) is 3.58. The molecule has 1 heterocycles. The quantitative estimate of drug-likeness (QED) is 0.919. The van der Waals surface area contributed by atoms with E-state index in [1.165, 1.54) is 16.9 Å². The van der Waals surface area contributed by atoms with Crippen LogP contribution in [0.3, 0.4) is 0 Å². The molecule has 19 heavy (non-hydrogen) atoms. The number of hydrogen-bond donors (Lipinski definition) is 1. The maximum Gasteiger partial charge on any atom is 0.308 e. The van der Waals surface area contributed by atoms with Crippen LogP contribution in [-0.4, -0.2) is 24.7 Å². The average Bonchev–Trinajstić information content (AvgIpc) is 2.76. The van der Waals surface area contributed by atoms with E-state index in [-0.39, 0.29) is 0 Å². The van der Waals surface area contributed by atoms with Gasteiger partial charge in [-0.3, -0.25) is 4.79 Å². The fourth-order valence-electron chi connectivity index (χ4n) is 2.51. The molecule has 1 atom stereocenters. The van der Waals surface area contributed by atoms with Crippen molar-refractivity contribution in [2.45, 2.75) is 32.6 Å². The summed E-state index contributed by atoms with van der Waals surface area (Å²) in [7, 11) is 1.87. The van der Waals surface area contributed by atoms with Crippen molar-refractivity contribution >= 4 is 22.3 Å². The summed E-state index contributed by atoms with van der Waals surface area (Å²) in [4.78, 5) is 14.2. The number of aliphatic carboxylic acids is 1. The Morgan fingerprint density at radius 2 is 2.21 bits per heavy atom. The summed E-state index contributed by atoms with van der Waals surface area (Å²) in [6.45, 7) is 2.13. The lowest BCUT2D eigenvalue weighted by molar-refractivity contribution is -0.140. The normalized spacial score (nSPS) is 15.4. The van der Waals surface area contributed by atoms with Crippen LogP contribution in [0.2, 0.25) is 0 Å². The second kappa shape index (κ2) is 5.62. The Labute approximate surface area is 117 Å². The molecule has 0 spiro atoms. The second-order valence-corrected chi connectivity index (χ2v) is 6.21. The molecule has 1 aliphatic rings. The van der Waals surface area contributed by atoms with Gasteiger partial charge < -0.3 is 10.0 Å². The van der Waals surface area contributed by atoms with Crippen molar-refractivity contribution in [2.24, 2.45) is 5.92 Å². The maximum atomic E-state index is 10.9. The molecule has 2 rings (SSSR count). The van der Waals surface area contributed by atoms with Crippen LogP contribution in [0.15, 0.2) is 0 Å². The molecule has 0 aliphatic heterocycles. The molecule has 1 N–H and O–H groups in total. The molecule has 4 nitrogen and oxygen atoms in total. The predicted molar refractivity (Wildman–Crippen MR) is 75.7 cm³/mol. The van der Waals surface area contributed by atoms with Crippen molar-refractivity contribution in [3.8, 4) is 6.07 Å². The number of carbonyl (C=O) groups is 1. The molecule has 0 saturated carbocycles.